The standard InChI is InChI=1S/C30H24F3N3O2/c1-19-5-11-25(26(16-19)20-6-8-22(9-7-20)30(31,32)33)29(38)35-24-10-12-27-21(17-24)13-15-36(27)28(37)18-23-4-2-3-14-34-23/h2-12,14,16-17H,13,15,18H2,1H3,(H,35,38). The van der Waals surface area contributed by atoms with Crippen molar-refractivity contribution in [2.45, 2.75) is 25.9 Å². The Balaban J connectivity index is 1.35. The predicted molar refractivity (Wildman–Crippen MR) is 140 cm³/mol. The van der Waals surface area contributed by atoms with Gasteiger partial charge in [0.05, 0.1) is 12.0 Å². The topological polar surface area (TPSA) is 62.3 Å². The Labute approximate surface area is 218 Å². The number of anilines is 2. The lowest BCUT2D eigenvalue weighted by molar-refractivity contribution is -0.137. The number of hydrogen-bond donors (Lipinski definition) is 1. The second-order valence-corrected chi connectivity index (χ2v) is 9.21. The fraction of sp³-hybridized carbons (Fsp3) is 0.167. The number of hydrogen-bond acceptors (Lipinski definition) is 3. The molecule has 38 heavy (non-hydrogen) atoms. The molecule has 0 unspecified atom stereocenters. The van der Waals surface area contributed by atoms with Gasteiger partial charge in [0.25, 0.3) is 5.91 Å². The molecule has 192 valence electrons. The van der Waals surface area contributed by atoms with E-state index in [1.807, 2.05) is 31.2 Å². The minimum absolute atomic E-state index is 0.0416. The number of carbonyl (C=O) groups is 2. The molecule has 0 atom stereocenters. The molecule has 1 aliphatic rings. The van der Waals surface area contributed by atoms with E-state index in [0.29, 0.717) is 41.0 Å². The van der Waals surface area contributed by atoms with E-state index in [2.05, 4.69) is 10.3 Å². The predicted octanol–water partition coefficient (Wildman–Crippen LogP) is 6.46. The van der Waals surface area contributed by atoms with Gasteiger partial charge in [-0.05, 0) is 78.6 Å². The number of aromatic nitrogens is 1. The first-order chi connectivity index (χ1) is 18.2. The number of alkyl halides is 3. The Morgan fingerprint density at radius 2 is 1.76 bits per heavy atom. The molecule has 2 amide bonds. The van der Waals surface area contributed by atoms with Gasteiger partial charge in [0.15, 0.2) is 0 Å². The molecular formula is C30H24F3N3O2. The van der Waals surface area contributed by atoms with E-state index in [0.717, 1.165) is 28.9 Å². The zero-order valence-corrected chi connectivity index (χ0v) is 20.5. The van der Waals surface area contributed by atoms with Crippen LogP contribution in [-0.4, -0.2) is 23.3 Å². The number of amides is 2. The third-order valence-electron chi connectivity index (χ3n) is 6.54. The van der Waals surface area contributed by atoms with Gasteiger partial charge in [-0.2, -0.15) is 13.2 Å². The van der Waals surface area contributed by atoms with Crippen LogP contribution < -0.4 is 10.2 Å². The van der Waals surface area contributed by atoms with E-state index in [1.54, 1.807) is 41.4 Å². The van der Waals surface area contributed by atoms with Gasteiger partial charge in [0, 0.05) is 35.4 Å². The van der Waals surface area contributed by atoms with E-state index < -0.39 is 11.7 Å². The van der Waals surface area contributed by atoms with Crippen LogP contribution in [0, 0.1) is 6.92 Å². The number of aryl methyl sites for hydroxylation is 1. The fourth-order valence-corrected chi connectivity index (χ4v) is 4.62. The van der Waals surface area contributed by atoms with Gasteiger partial charge >= 0.3 is 6.18 Å². The number of nitrogens with one attached hydrogen (secondary N) is 1. The minimum Gasteiger partial charge on any atom is -0.322 e. The smallest absolute Gasteiger partial charge is 0.322 e. The van der Waals surface area contributed by atoms with Crippen LogP contribution in [0.15, 0.2) is 85.1 Å². The average molecular weight is 516 g/mol. The van der Waals surface area contributed by atoms with Gasteiger partial charge in [-0.1, -0.05) is 35.9 Å². The van der Waals surface area contributed by atoms with E-state index in [4.69, 9.17) is 0 Å². The summed E-state index contributed by atoms with van der Waals surface area (Å²) in [5.74, 6) is -0.416. The summed E-state index contributed by atoms with van der Waals surface area (Å²) < 4.78 is 39.0. The molecule has 2 heterocycles. The van der Waals surface area contributed by atoms with Crippen molar-refractivity contribution in [2.24, 2.45) is 0 Å². The summed E-state index contributed by atoms with van der Waals surface area (Å²) in [7, 11) is 0. The summed E-state index contributed by atoms with van der Waals surface area (Å²) >= 11 is 0. The molecule has 4 aromatic rings. The van der Waals surface area contributed by atoms with Crippen molar-refractivity contribution in [1.29, 1.82) is 0 Å². The van der Waals surface area contributed by atoms with Crippen molar-refractivity contribution in [3.63, 3.8) is 0 Å². The molecule has 1 aliphatic heterocycles. The molecule has 0 fully saturated rings. The summed E-state index contributed by atoms with van der Waals surface area (Å²) in [6, 6.07) is 20.9. The van der Waals surface area contributed by atoms with Crippen LogP contribution in [0.4, 0.5) is 24.5 Å². The Hall–Kier alpha value is -4.46. The monoisotopic (exact) mass is 515 g/mol. The van der Waals surface area contributed by atoms with Crippen LogP contribution in [-0.2, 0) is 23.8 Å². The maximum absolute atomic E-state index is 13.3. The zero-order valence-electron chi connectivity index (χ0n) is 20.5. The lowest BCUT2D eigenvalue weighted by atomic mass is 9.96. The fourth-order valence-electron chi connectivity index (χ4n) is 4.62. The molecule has 8 heteroatoms. The molecule has 3 aromatic carbocycles. The highest BCUT2D eigenvalue weighted by Gasteiger charge is 2.30. The molecule has 0 bridgehead atoms. The van der Waals surface area contributed by atoms with Crippen LogP contribution >= 0.6 is 0 Å². The molecule has 0 radical (unpaired) electrons. The summed E-state index contributed by atoms with van der Waals surface area (Å²) in [5, 5.41) is 2.90. The van der Waals surface area contributed by atoms with E-state index in [1.165, 1.54) is 12.1 Å². The SMILES string of the molecule is Cc1ccc(C(=O)Nc2ccc3c(c2)CCN3C(=O)Cc2ccccn2)c(-c2ccc(C(F)(F)F)cc2)c1. The van der Waals surface area contributed by atoms with Gasteiger partial charge in [-0.25, -0.2) is 0 Å². The maximum atomic E-state index is 13.3. The van der Waals surface area contributed by atoms with Gasteiger partial charge in [0.2, 0.25) is 5.91 Å². The van der Waals surface area contributed by atoms with Gasteiger partial charge < -0.3 is 10.2 Å². The highest BCUT2D eigenvalue weighted by Crippen LogP contribution is 2.34. The van der Waals surface area contributed by atoms with E-state index >= 15 is 0 Å². The second-order valence-electron chi connectivity index (χ2n) is 9.21. The summed E-state index contributed by atoms with van der Waals surface area (Å²) in [6.45, 7) is 2.41. The molecule has 1 N–H and O–H groups in total. The van der Waals surface area contributed by atoms with Crippen LogP contribution in [0.25, 0.3) is 11.1 Å². The molecule has 0 saturated carbocycles. The van der Waals surface area contributed by atoms with Crippen LogP contribution in [0.5, 0.6) is 0 Å². The molecule has 0 aliphatic carbocycles. The highest BCUT2D eigenvalue weighted by molar-refractivity contribution is 6.09. The number of benzene rings is 3. The largest absolute Gasteiger partial charge is 0.416 e. The first-order valence-electron chi connectivity index (χ1n) is 12.1. The van der Waals surface area contributed by atoms with Crippen molar-refractivity contribution in [1.82, 2.24) is 4.98 Å². The number of carbonyl (C=O) groups excluding carboxylic acids is 2. The summed E-state index contributed by atoms with van der Waals surface area (Å²) in [4.78, 5) is 32.1. The van der Waals surface area contributed by atoms with Crippen molar-refractivity contribution >= 4 is 23.2 Å². The molecule has 0 saturated heterocycles. The molecular weight excluding hydrogens is 491 g/mol. The molecule has 5 rings (SSSR count). The summed E-state index contributed by atoms with van der Waals surface area (Å²) in [6.07, 6.45) is -1.91. The van der Waals surface area contributed by atoms with Crippen molar-refractivity contribution in [3.8, 4) is 11.1 Å². The lowest BCUT2D eigenvalue weighted by Crippen LogP contribution is -2.30. The lowest BCUT2D eigenvalue weighted by Gasteiger charge is -2.18. The Morgan fingerprint density at radius 3 is 2.47 bits per heavy atom. The first kappa shape index (κ1) is 25.2. The number of rotatable bonds is 5. The Bertz CT molecular complexity index is 1500. The second kappa shape index (κ2) is 10.1. The van der Waals surface area contributed by atoms with Crippen molar-refractivity contribution in [3.05, 3.63) is 113 Å². The summed E-state index contributed by atoms with van der Waals surface area (Å²) in [5.41, 5.74) is 4.59. The molecule has 1 aromatic heterocycles. The Kier molecular flexibility index (Phi) is 6.72. The van der Waals surface area contributed by atoms with Gasteiger partial charge in [0.1, 0.15) is 0 Å². The third-order valence-corrected chi connectivity index (χ3v) is 6.54. The normalized spacial score (nSPS) is 12.8. The first-order valence-corrected chi connectivity index (χ1v) is 12.1. The minimum atomic E-state index is -4.43. The molecule has 0 spiro atoms. The van der Waals surface area contributed by atoms with Crippen LogP contribution in [0.2, 0.25) is 0 Å². The number of fused-ring (bicyclic) bond motifs is 1. The number of halogens is 3. The van der Waals surface area contributed by atoms with Crippen LogP contribution in [0.1, 0.15) is 32.7 Å². The van der Waals surface area contributed by atoms with Crippen LogP contribution in [0.3, 0.4) is 0 Å². The molecule has 5 nitrogen and oxygen atoms in total. The Morgan fingerprint density at radius 1 is 0.974 bits per heavy atom. The van der Waals surface area contributed by atoms with Crippen molar-refractivity contribution < 1.29 is 22.8 Å². The number of pyridine rings is 1. The van der Waals surface area contributed by atoms with E-state index in [-0.39, 0.29) is 18.2 Å². The quantitative estimate of drug-likeness (QED) is 0.332. The van der Waals surface area contributed by atoms with Gasteiger partial charge in [-0.3, -0.25) is 14.6 Å². The highest BCUT2D eigenvalue weighted by atomic mass is 19.4. The number of nitrogens with zero attached hydrogens (tertiary/aromatic N) is 2. The van der Waals surface area contributed by atoms with Crippen molar-refractivity contribution in [2.75, 3.05) is 16.8 Å². The van der Waals surface area contributed by atoms with E-state index in [9.17, 15) is 22.8 Å². The van der Waals surface area contributed by atoms with Gasteiger partial charge in [-0.15, -0.1) is 0 Å². The maximum Gasteiger partial charge on any atom is 0.416 e. The third kappa shape index (κ3) is 5.29. The zero-order chi connectivity index (χ0) is 26.9. The average Bonchev–Trinajstić information content (AvgIpc) is 3.32.